The topological polar surface area (TPSA) is 101 Å². The van der Waals surface area contributed by atoms with Crippen molar-refractivity contribution in [2.24, 2.45) is 0 Å². The summed E-state index contributed by atoms with van der Waals surface area (Å²) in [6, 6.07) is 12.1. The summed E-state index contributed by atoms with van der Waals surface area (Å²) >= 11 is 0. The van der Waals surface area contributed by atoms with E-state index in [-0.39, 0.29) is 24.0 Å². The second-order valence-electron chi connectivity index (χ2n) is 7.43. The zero-order valence-corrected chi connectivity index (χ0v) is 18.4. The van der Waals surface area contributed by atoms with Crippen molar-refractivity contribution in [3.63, 3.8) is 0 Å². The number of aromatic nitrogens is 4. The fourth-order valence-electron chi connectivity index (χ4n) is 3.57. The standard InChI is InChI=1S/C23H24N4O5/c1-5-14(2)27-22(28)18-8-6-7-9-19(18)26(23(27)29)13-20-24-21(25-32-20)15-10-16(30-3)12-17(11-15)31-4/h6-12,14H,5,13H2,1-4H3/t14-/m1/s1. The molecule has 0 radical (unpaired) electrons. The third-order valence-electron chi connectivity index (χ3n) is 5.48. The summed E-state index contributed by atoms with van der Waals surface area (Å²) in [6.45, 7) is 3.82. The molecule has 0 amide bonds. The summed E-state index contributed by atoms with van der Waals surface area (Å²) in [5.74, 6) is 1.76. The average Bonchev–Trinajstić information content (AvgIpc) is 3.30. The highest BCUT2D eigenvalue weighted by Crippen LogP contribution is 2.28. The maximum atomic E-state index is 13.3. The number of benzene rings is 2. The van der Waals surface area contributed by atoms with E-state index in [4.69, 9.17) is 14.0 Å². The second-order valence-corrected chi connectivity index (χ2v) is 7.43. The molecular weight excluding hydrogens is 412 g/mol. The Morgan fingerprint density at radius 3 is 2.41 bits per heavy atom. The smallest absolute Gasteiger partial charge is 0.332 e. The molecule has 0 aliphatic heterocycles. The first-order chi connectivity index (χ1) is 15.5. The van der Waals surface area contributed by atoms with Crippen LogP contribution in [0.25, 0.3) is 22.3 Å². The molecule has 0 fully saturated rings. The van der Waals surface area contributed by atoms with Gasteiger partial charge in [-0.05, 0) is 37.6 Å². The van der Waals surface area contributed by atoms with Gasteiger partial charge in [0.15, 0.2) is 0 Å². The lowest BCUT2D eigenvalue weighted by Crippen LogP contribution is -2.41. The molecule has 4 aromatic rings. The lowest BCUT2D eigenvalue weighted by atomic mass is 10.2. The first-order valence-corrected chi connectivity index (χ1v) is 10.3. The van der Waals surface area contributed by atoms with Crippen LogP contribution in [-0.2, 0) is 6.54 Å². The molecule has 32 heavy (non-hydrogen) atoms. The number of hydrogen-bond acceptors (Lipinski definition) is 7. The maximum Gasteiger partial charge on any atom is 0.332 e. The third-order valence-corrected chi connectivity index (χ3v) is 5.48. The predicted molar refractivity (Wildman–Crippen MR) is 119 cm³/mol. The molecule has 4 rings (SSSR count). The van der Waals surface area contributed by atoms with Gasteiger partial charge in [-0.15, -0.1) is 0 Å². The van der Waals surface area contributed by atoms with Gasteiger partial charge in [-0.1, -0.05) is 24.2 Å². The number of rotatable bonds is 7. The fraction of sp³-hybridized carbons (Fsp3) is 0.304. The van der Waals surface area contributed by atoms with Gasteiger partial charge in [0.25, 0.3) is 5.56 Å². The first kappa shape index (κ1) is 21.4. The van der Waals surface area contributed by atoms with Gasteiger partial charge in [-0.25, -0.2) is 4.79 Å². The summed E-state index contributed by atoms with van der Waals surface area (Å²) in [7, 11) is 3.12. The monoisotopic (exact) mass is 436 g/mol. The molecule has 0 bridgehead atoms. The average molecular weight is 436 g/mol. The third kappa shape index (κ3) is 3.77. The molecule has 0 N–H and O–H groups in total. The van der Waals surface area contributed by atoms with E-state index < -0.39 is 5.69 Å². The summed E-state index contributed by atoms with van der Waals surface area (Å²) in [5.41, 5.74) is 0.458. The Morgan fingerprint density at radius 1 is 1.06 bits per heavy atom. The molecule has 0 aliphatic carbocycles. The Kier molecular flexibility index (Phi) is 5.81. The number of para-hydroxylation sites is 1. The van der Waals surface area contributed by atoms with Crippen molar-refractivity contribution in [2.45, 2.75) is 32.9 Å². The van der Waals surface area contributed by atoms with Crippen LogP contribution < -0.4 is 20.7 Å². The molecule has 9 nitrogen and oxygen atoms in total. The van der Waals surface area contributed by atoms with Gasteiger partial charge in [0.05, 0.1) is 25.1 Å². The van der Waals surface area contributed by atoms with Gasteiger partial charge in [0.2, 0.25) is 11.7 Å². The number of nitrogens with zero attached hydrogens (tertiary/aromatic N) is 4. The summed E-state index contributed by atoms with van der Waals surface area (Å²) in [6.07, 6.45) is 0.649. The molecule has 0 saturated heterocycles. The van der Waals surface area contributed by atoms with Crippen LogP contribution in [0.15, 0.2) is 56.6 Å². The Labute approximate surface area is 183 Å². The van der Waals surface area contributed by atoms with Gasteiger partial charge in [-0.2, -0.15) is 4.98 Å². The maximum absolute atomic E-state index is 13.3. The van der Waals surface area contributed by atoms with Crippen molar-refractivity contribution < 1.29 is 14.0 Å². The molecule has 0 saturated carbocycles. The van der Waals surface area contributed by atoms with Gasteiger partial charge in [0.1, 0.15) is 18.0 Å². The number of fused-ring (bicyclic) bond motifs is 1. The Bertz CT molecular complexity index is 1360. The Balaban J connectivity index is 1.80. The molecule has 1 atom stereocenters. The minimum absolute atomic E-state index is 0.0319. The molecule has 166 valence electrons. The van der Waals surface area contributed by atoms with Gasteiger partial charge >= 0.3 is 5.69 Å². The van der Waals surface area contributed by atoms with Crippen LogP contribution >= 0.6 is 0 Å². The SMILES string of the molecule is CC[C@@H](C)n1c(=O)c2ccccc2n(Cc2nc(-c3cc(OC)cc(OC)c3)no2)c1=O. The van der Waals surface area contributed by atoms with Crippen molar-refractivity contribution in [1.29, 1.82) is 0 Å². The van der Waals surface area contributed by atoms with E-state index in [1.165, 1.54) is 9.13 Å². The molecule has 0 aliphatic rings. The summed E-state index contributed by atoms with van der Waals surface area (Å²) in [5, 5.41) is 4.52. The van der Waals surface area contributed by atoms with E-state index >= 15 is 0 Å². The van der Waals surface area contributed by atoms with Crippen molar-refractivity contribution >= 4 is 10.9 Å². The zero-order chi connectivity index (χ0) is 22.8. The molecule has 0 unspecified atom stereocenters. The van der Waals surface area contributed by atoms with E-state index in [0.29, 0.717) is 40.2 Å². The number of hydrogen-bond donors (Lipinski definition) is 0. The summed E-state index contributed by atoms with van der Waals surface area (Å²) < 4.78 is 18.8. The molecule has 2 heterocycles. The Morgan fingerprint density at radius 2 is 1.75 bits per heavy atom. The van der Waals surface area contributed by atoms with Crippen LogP contribution in [0.1, 0.15) is 32.2 Å². The summed E-state index contributed by atoms with van der Waals surface area (Å²) in [4.78, 5) is 30.6. The number of ether oxygens (including phenoxy) is 2. The Hall–Kier alpha value is -3.88. The first-order valence-electron chi connectivity index (χ1n) is 10.3. The highest BCUT2D eigenvalue weighted by Gasteiger charge is 2.19. The second kappa shape index (κ2) is 8.70. The lowest BCUT2D eigenvalue weighted by Gasteiger charge is -2.16. The zero-order valence-electron chi connectivity index (χ0n) is 18.4. The predicted octanol–water partition coefficient (Wildman–Crippen LogP) is 3.25. The number of methoxy groups -OCH3 is 2. The van der Waals surface area contributed by atoms with Gasteiger partial charge < -0.3 is 14.0 Å². The van der Waals surface area contributed by atoms with Crippen LogP contribution in [0.2, 0.25) is 0 Å². The van der Waals surface area contributed by atoms with Crippen molar-refractivity contribution in [1.82, 2.24) is 19.3 Å². The van der Waals surface area contributed by atoms with Crippen LogP contribution in [0, 0.1) is 0 Å². The fourth-order valence-corrected chi connectivity index (χ4v) is 3.57. The highest BCUT2D eigenvalue weighted by molar-refractivity contribution is 5.77. The van der Waals surface area contributed by atoms with E-state index in [1.807, 2.05) is 13.8 Å². The molecule has 2 aromatic heterocycles. The van der Waals surface area contributed by atoms with Gasteiger partial charge in [0, 0.05) is 17.7 Å². The normalized spacial score (nSPS) is 12.1. The highest BCUT2D eigenvalue weighted by atomic mass is 16.5. The molecule has 0 spiro atoms. The lowest BCUT2D eigenvalue weighted by molar-refractivity contribution is 0.367. The largest absolute Gasteiger partial charge is 0.497 e. The van der Waals surface area contributed by atoms with Crippen molar-refractivity contribution in [3.8, 4) is 22.9 Å². The molecule has 2 aromatic carbocycles. The van der Waals surface area contributed by atoms with Gasteiger partial charge in [-0.3, -0.25) is 13.9 Å². The van der Waals surface area contributed by atoms with Crippen LogP contribution in [0.5, 0.6) is 11.5 Å². The van der Waals surface area contributed by atoms with E-state index in [1.54, 1.807) is 56.7 Å². The molecule has 9 heteroatoms. The van der Waals surface area contributed by atoms with Crippen molar-refractivity contribution in [2.75, 3.05) is 14.2 Å². The van der Waals surface area contributed by atoms with Crippen molar-refractivity contribution in [3.05, 3.63) is 69.2 Å². The minimum atomic E-state index is -0.411. The van der Waals surface area contributed by atoms with E-state index in [2.05, 4.69) is 10.1 Å². The molecular formula is C23H24N4O5. The quantitative estimate of drug-likeness (QED) is 0.438. The van der Waals surface area contributed by atoms with E-state index in [0.717, 1.165) is 0 Å². The van der Waals surface area contributed by atoms with Crippen LogP contribution in [0.3, 0.4) is 0 Å². The van der Waals surface area contributed by atoms with Crippen LogP contribution in [-0.4, -0.2) is 33.5 Å². The minimum Gasteiger partial charge on any atom is -0.497 e. The van der Waals surface area contributed by atoms with E-state index in [9.17, 15) is 9.59 Å². The van der Waals surface area contributed by atoms with Crippen LogP contribution in [0.4, 0.5) is 0 Å².